The molecule has 2 aromatic carbocycles. The summed E-state index contributed by atoms with van der Waals surface area (Å²) >= 11 is 4.79. The normalized spacial score (nSPS) is 16.0. The number of aromatic nitrogens is 3. The zero-order valence-corrected chi connectivity index (χ0v) is 18.0. The second-order valence-electron chi connectivity index (χ2n) is 7.63. The van der Waals surface area contributed by atoms with Gasteiger partial charge in [-0.05, 0) is 0 Å². The molecule has 1 aliphatic heterocycles. The van der Waals surface area contributed by atoms with Gasteiger partial charge in [0.25, 0.3) is 0 Å². The van der Waals surface area contributed by atoms with E-state index in [4.69, 9.17) is 25.8 Å². The average molecular weight is 483 g/mol. The van der Waals surface area contributed by atoms with E-state index >= 15 is 0 Å². The standard InChI is InChI=1S/C22H17F3N5O.Co/c1-29(18-11-31-19-8-13(22(23,24)25)4-5-14(18)19)10-12-3-6-17-15(7-12)20-16(21(26)28-17)9-27-30(20)2;/h3-4,6-9,18H,11H2,1-2H3,(H2,26,28);/q-1;/t18-;/m0./s1. The van der Waals surface area contributed by atoms with Crippen LogP contribution in [0.1, 0.15) is 22.7 Å². The third-order valence-corrected chi connectivity index (χ3v) is 6.35. The summed E-state index contributed by atoms with van der Waals surface area (Å²) < 4.78 is 46.9. The van der Waals surface area contributed by atoms with Gasteiger partial charge in [-0.25, -0.2) is 0 Å². The molecule has 5 rings (SSSR count). The van der Waals surface area contributed by atoms with Crippen molar-refractivity contribution in [3.05, 3.63) is 59.3 Å². The van der Waals surface area contributed by atoms with Crippen molar-refractivity contribution < 1.29 is 33.2 Å². The number of anilines is 1. The maximum atomic E-state index is 13.0. The number of hydrogen-bond acceptors (Lipinski definition) is 5. The van der Waals surface area contributed by atoms with Crippen molar-refractivity contribution in [1.29, 1.82) is 0 Å². The predicted molar refractivity (Wildman–Crippen MR) is 111 cm³/mol. The van der Waals surface area contributed by atoms with E-state index in [2.05, 4.69) is 16.1 Å². The maximum absolute atomic E-state index is 13.0. The van der Waals surface area contributed by atoms with Gasteiger partial charge in [-0.3, -0.25) is 0 Å². The van der Waals surface area contributed by atoms with Crippen LogP contribution in [0.2, 0.25) is 0 Å². The first-order chi connectivity index (χ1) is 15.1. The Labute approximate surface area is 188 Å². The van der Waals surface area contributed by atoms with Crippen molar-refractivity contribution in [2.45, 2.75) is 12.2 Å². The molecular formula is C22H17CoF3N5O-. The summed E-state index contributed by atoms with van der Waals surface area (Å²) in [6.07, 6.45) is -2.77. The van der Waals surface area contributed by atoms with E-state index in [1.807, 2.05) is 37.2 Å². The number of nitrogen functional groups attached to an aromatic ring is 1. The van der Waals surface area contributed by atoms with Crippen molar-refractivity contribution in [1.82, 2.24) is 19.7 Å². The van der Waals surface area contributed by atoms with E-state index in [-0.39, 0.29) is 18.4 Å². The van der Waals surface area contributed by atoms with Crippen molar-refractivity contribution in [2.24, 2.45) is 7.05 Å². The molecule has 0 saturated carbocycles. The Morgan fingerprint density at radius 2 is 2.09 bits per heavy atom. The molecule has 6 nitrogen and oxygen atoms in total. The first-order valence-corrected chi connectivity index (χ1v) is 10.2. The van der Waals surface area contributed by atoms with E-state index < -0.39 is 11.7 Å². The fourth-order valence-corrected chi connectivity index (χ4v) is 4.32. The summed E-state index contributed by atoms with van der Waals surface area (Å²) in [6, 6.07) is 10.1. The minimum atomic E-state index is -4.45. The van der Waals surface area contributed by atoms with Crippen molar-refractivity contribution in [3.63, 3.8) is 0 Å². The van der Waals surface area contributed by atoms with Gasteiger partial charge in [0, 0.05) is 0 Å². The molecule has 0 unspecified atom stereocenters. The molecule has 0 spiro atoms. The number of benzene rings is 2. The Balaban J connectivity index is 1.51. The Morgan fingerprint density at radius 3 is 2.84 bits per heavy atom. The van der Waals surface area contributed by atoms with Crippen LogP contribution in [0.5, 0.6) is 5.75 Å². The Bertz CT molecular complexity index is 1400. The molecule has 2 aromatic heterocycles. The Kier molecular flexibility index (Phi) is 4.77. The molecule has 0 fully saturated rings. The van der Waals surface area contributed by atoms with Gasteiger partial charge in [-0.2, -0.15) is 0 Å². The third kappa shape index (κ3) is 3.26. The second-order valence-corrected chi connectivity index (χ2v) is 8.12. The molecule has 3 heterocycles. The number of halogens is 3. The number of nitrogens with two attached hydrogens (primary N) is 1. The summed E-state index contributed by atoms with van der Waals surface area (Å²) in [5.41, 5.74) is 8.25. The molecule has 0 saturated heterocycles. The first kappa shape index (κ1) is 20.9. The van der Waals surface area contributed by atoms with Crippen molar-refractivity contribution in [2.75, 3.05) is 19.4 Å². The van der Waals surface area contributed by atoms with Crippen LogP contribution in [0.15, 0.2) is 36.5 Å². The number of alkyl halides is 3. The van der Waals surface area contributed by atoms with Crippen LogP contribution in [0.4, 0.5) is 19.0 Å². The Morgan fingerprint density at radius 1 is 1.31 bits per heavy atom. The molecular weight excluding hydrogens is 466 g/mol. The zero-order valence-electron chi connectivity index (χ0n) is 17.0. The molecule has 0 bridgehead atoms. The molecule has 0 aliphatic carbocycles. The molecule has 4 aromatic rings. The van der Waals surface area contributed by atoms with E-state index in [9.17, 15) is 13.2 Å². The van der Waals surface area contributed by atoms with Crippen LogP contribution in [0.25, 0.3) is 21.8 Å². The summed E-state index contributed by atoms with van der Waals surface area (Å²) in [7, 11) is 3.66. The minimum absolute atomic E-state index is 0.187. The van der Waals surface area contributed by atoms with E-state index in [1.54, 1.807) is 10.9 Å². The molecule has 167 valence electrons. The van der Waals surface area contributed by atoms with Gasteiger partial charge in [-0.15, -0.1) is 0 Å². The van der Waals surface area contributed by atoms with E-state index in [1.165, 1.54) is 0 Å². The molecule has 1 atom stereocenters. The number of likely N-dealkylation sites (N-methyl/N-ethyl adjacent to an activating group) is 1. The van der Waals surface area contributed by atoms with Gasteiger partial charge in [0.05, 0.1) is 0 Å². The molecule has 1 aliphatic rings. The van der Waals surface area contributed by atoms with Gasteiger partial charge >= 0.3 is 189 Å². The molecule has 32 heavy (non-hydrogen) atoms. The summed E-state index contributed by atoms with van der Waals surface area (Å²) in [5.74, 6) is 0.598. The third-order valence-electron chi connectivity index (χ3n) is 5.69. The number of hydrogen-bond donors (Lipinski definition) is 1. The van der Waals surface area contributed by atoms with Gasteiger partial charge in [0.1, 0.15) is 0 Å². The fraction of sp³-hybridized carbons (Fsp3) is 0.227. The zero-order chi connectivity index (χ0) is 22.8. The van der Waals surface area contributed by atoms with Crippen LogP contribution >= 0.6 is 0 Å². The van der Waals surface area contributed by atoms with Crippen LogP contribution in [0.3, 0.4) is 0 Å². The van der Waals surface area contributed by atoms with Crippen molar-refractivity contribution in [3.8, 4) is 5.75 Å². The van der Waals surface area contributed by atoms with Crippen LogP contribution in [0, 0.1) is 6.07 Å². The number of nitrogens with zero attached hydrogens (tertiary/aromatic N) is 4. The monoisotopic (exact) mass is 483 g/mol. The topological polar surface area (TPSA) is 69.2 Å². The molecule has 10 heteroatoms. The van der Waals surface area contributed by atoms with Crippen LogP contribution < -0.4 is 10.5 Å². The number of fused-ring (bicyclic) bond motifs is 4. The van der Waals surface area contributed by atoms with Gasteiger partial charge in [0.15, 0.2) is 0 Å². The van der Waals surface area contributed by atoms with Crippen molar-refractivity contribution >= 4 is 32.2 Å². The van der Waals surface area contributed by atoms with Crippen LogP contribution in [-0.2, 0) is 28.5 Å². The second kappa shape index (κ2) is 7.29. The number of pyridine rings is 1. The van der Waals surface area contributed by atoms with Gasteiger partial charge < -0.3 is 0 Å². The Hall–Kier alpha value is -2.95. The first-order valence-electron chi connectivity index (χ1n) is 9.65. The summed E-state index contributed by atoms with van der Waals surface area (Å²) in [4.78, 5) is 6.32. The quantitative estimate of drug-likeness (QED) is 0.451. The van der Waals surface area contributed by atoms with E-state index in [0.717, 1.165) is 39.5 Å². The van der Waals surface area contributed by atoms with E-state index in [0.29, 0.717) is 16.0 Å². The molecule has 0 radical (unpaired) electrons. The molecule has 2 N–H and O–H groups in total. The number of ether oxygens (including phenoxy) is 1. The molecule has 0 amide bonds. The summed E-state index contributed by atoms with van der Waals surface area (Å²) in [6.45, 7) is 0.199. The van der Waals surface area contributed by atoms with Crippen LogP contribution in [-0.4, -0.2) is 37.9 Å². The van der Waals surface area contributed by atoms with Gasteiger partial charge in [0.2, 0.25) is 0 Å². The SMILES string of the molecule is CN([C](=[Co])c1ccc2nc(N)c3cnn(C)c3c2c1)[C@H]1COc2cc(C(F)(F)F)c[c-]c21. The van der Waals surface area contributed by atoms with Gasteiger partial charge in [-0.1, -0.05) is 0 Å². The predicted octanol–water partition coefficient (Wildman–Crippen LogP) is 3.61. The number of aryl methyl sites for hydroxylation is 1. The number of rotatable bonds is 3. The fourth-order valence-electron chi connectivity index (χ4n) is 4.00. The average Bonchev–Trinajstić information content (AvgIpc) is 3.36. The summed E-state index contributed by atoms with van der Waals surface area (Å²) in [5, 5.41) is 5.92.